The SMILES string of the molecule is CCOC=NS(C)(=O)=O. The minimum Gasteiger partial charge on any atom is -0.483 e. The lowest BCUT2D eigenvalue weighted by atomic mass is 10.9. The van der Waals surface area contributed by atoms with Crippen LogP contribution in [-0.2, 0) is 14.8 Å². The van der Waals surface area contributed by atoms with E-state index in [4.69, 9.17) is 0 Å². The van der Waals surface area contributed by atoms with E-state index in [1.807, 2.05) is 0 Å². The van der Waals surface area contributed by atoms with Gasteiger partial charge in [-0.15, -0.1) is 4.40 Å². The Morgan fingerprint density at radius 1 is 1.67 bits per heavy atom. The van der Waals surface area contributed by atoms with Gasteiger partial charge in [-0.1, -0.05) is 0 Å². The van der Waals surface area contributed by atoms with Crippen LogP contribution in [0.4, 0.5) is 0 Å². The van der Waals surface area contributed by atoms with E-state index in [-0.39, 0.29) is 0 Å². The summed E-state index contributed by atoms with van der Waals surface area (Å²) in [6.45, 7) is 2.17. The van der Waals surface area contributed by atoms with Gasteiger partial charge < -0.3 is 4.74 Å². The first kappa shape index (κ1) is 8.42. The first-order valence-electron chi connectivity index (χ1n) is 2.41. The van der Waals surface area contributed by atoms with Crippen molar-refractivity contribution in [3.63, 3.8) is 0 Å². The lowest BCUT2D eigenvalue weighted by molar-refractivity contribution is 0.344. The van der Waals surface area contributed by atoms with Crippen molar-refractivity contribution in [1.82, 2.24) is 0 Å². The Balaban J connectivity index is 3.73. The highest BCUT2D eigenvalue weighted by Crippen LogP contribution is 1.80. The fraction of sp³-hybridized carbons (Fsp3) is 0.750. The Bertz CT molecular complexity index is 182. The van der Waals surface area contributed by atoms with Crippen LogP contribution in [-0.4, -0.2) is 27.7 Å². The van der Waals surface area contributed by atoms with Crippen LogP contribution in [0.2, 0.25) is 0 Å². The Hall–Kier alpha value is -0.580. The molecule has 0 fully saturated rings. The zero-order valence-electron chi connectivity index (χ0n) is 5.36. The number of ether oxygens (including phenoxy) is 1. The molecule has 0 saturated heterocycles. The summed E-state index contributed by atoms with van der Waals surface area (Å²) in [5, 5.41) is 0. The molecule has 54 valence electrons. The van der Waals surface area contributed by atoms with Crippen molar-refractivity contribution in [3.05, 3.63) is 0 Å². The van der Waals surface area contributed by atoms with Crippen LogP contribution in [0, 0.1) is 0 Å². The molecule has 4 nitrogen and oxygen atoms in total. The van der Waals surface area contributed by atoms with Crippen LogP contribution in [0.1, 0.15) is 6.92 Å². The van der Waals surface area contributed by atoms with Crippen molar-refractivity contribution in [2.24, 2.45) is 4.40 Å². The monoisotopic (exact) mass is 151 g/mol. The van der Waals surface area contributed by atoms with Crippen LogP contribution in [0.5, 0.6) is 0 Å². The van der Waals surface area contributed by atoms with Crippen molar-refractivity contribution in [3.8, 4) is 0 Å². The van der Waals surface area contributed by atoms with Crippen molar-refractivity contribution < 1.29 is 13.2 Å². The van der Waals surface area contributed by atoms with Gasteiger partial charge in [-0.25, -0.2) is 8.42 Å². The minimum atomic E-state index is -3.25. The third-order valence-corrected chi connectivity index (χ3v) is 0.945. The lowest BCUT2D eigenvalue weighted by Gasteiger charge is -1.88. The van der Waals surface area contributed by atoms with Crippen molar-refractivity contribution >= 4 is 16.4 Å². The fourth-order valence-corrected chi connectivity index (χ4v) is 0.400. The van der Waals surface area contributed by atoms with Gasteiger partial charge in [-0.2, -0.15) is 0 Å². The topological polar surface area (TPSA) is 55.7 Å². The molecule has 0 aromatic carbocycles. The van der Waals surface area contributed by atoms with E-state index in [0.717, 1.165) is 12.7 Å². The summed E-state index contributed by atoms with van der Waals surface area (Å²) in [5.74, 6) is 0. The van der Waals surface area contributed by atoms with Gasteiger partial charge in [-0.05, 0) is 6.92 Å². The molecule has 0 aliphatic carbocycles. The Morgan fingerprint density at radius 2 is 2.22 bits per heavy atom. The highest BCUT2D eigenvalue weighted by Gasteiger charge is 1.91. The van der Waals surface area contributed by atoms with Crippen LogP contribution < -0.4 is 0 Å². The maximum atomic E-state index is 10.2. The minimum absolute atomic E-state index is 0.430. The van der Waals surface area contributed by atoms with E-state index in [1.165, 1.54) is 0 Å². The standard InChI is InChI=1S/C4H9NO3S/c1-3-8-4-5-9(2,6)7/h4H,3H2,1-2H3. The molecule has 0 aromatic rings. The molecule has 9 heavy (non-hydrogen) atoms. The van der Waals surface area contributed by atoms with E-state index in [2.05, 4.69) is 9.13 Å². The average molecular weight is 151 g/mol. The van der Waals surface area contributed by atoms with Crippen LogP contribution in [0.25, 0.3) is 0 Å². The molecule has 0 rings (SSSR count). The summed E-state index contributed by atoms with van der Waals surface area (Å²) >= 11 is 0. The quantitative estimate of drug-likeness (QED) is 0.421. The smallest absolute Gasteiger partial charge is 0.253 e. The van der Waals surface area contributed by atoms with Crippen LogP contribution in [0.3, 0.4) is 0 Å². The molecule has 0 spiro atoms. The van der Waals surface area contributed by atoms with E-state index < -0.39 is 10.0 Å². The number of nitrogens with zero attached hydrogens (tertiary/aromatic N) is 1. The molecule has 0 atom stereocenters. The molecular formula is C4H9NO3S. The molecule has 0 aromatic heterocycles. The van der Waals surface area contributed by atoms with E-state index in [1.54, 1.807) is 6.92 Å². The fourth-order valence-electron chi connectivity index (χ4n) is 0.183. The largest absolute Gasteiger partial charge is 0.483 e. The molecule has 0 N–H and O–H groups in total. The number of rotatable bonds is 3. The van der Waals surface area contributed by atoms with Gasteiger partial charge in [0.1, 0.15) is 0 Å². The second-order valence-corrected chi connectivity index (χ2v) is 3.08. The molecular weight excluding hydrogens is 142 g/mol. The molecule has 0 aliphatic rings. The highest BCUT2D eigenvalue weighted by atomic mass is 32.2. The second kappa shape index (κ2) is 3.45. The summed E-state index contributed by atoms with van der Waals surface area (Å²) in [6, 6.07) is 0. The van der Waals surface area contributed by atoms with Gasteiger partial charge in [0.25, 0.3) is 10.0 Å². The molecule has 0 heterocycles. The van der Waals surface area contributed by atoms with Gasteiger partial charge in [0.05, 0.1) is 12.9 Å². The normalized spacial score (nSPS) is 12.2. The molecule has 0 unspecified atom stereocenters. The number of hydrogen-bond donors (Lipinski definition) is 0. The number of sulfonamides is 1. The predicted octanol–water partition coefficient (Wildman–Crippen LogP) is 0.0108. The zero-order valence-corrected chi connectivity index (χ0v) is 6.18. The molecule has 0 radical (unpaired) electrons. The summed E-state index contributed by atoms with van der Waals surface area (Å²) in [7, 11) is -3.25. The lowest BCUT2D eigenvalue weighted by Crippen LogP contribution is -1.93. The molecule has 0 aliphatic heterocycles. The van der Waals surface area contributed by atoms with Gasteiger partial charge >= 0.3 is 0 Å². The Morgan fingerprint density at radius 3 is 2.56 bits per heavy atom. The average Bonchev–Trinajstić information content (AvgIpc) is 1.63. The van der Waals surface area contributed by atoms with E-state index in [0.29, 0.717) is 6.61 Å². The highest BCUT2D eigenvalue weighted by molar-refractivity contribution is 7.89. The third-order valence-electron chi connectivity index (χ3n) is 0.476. The van der Waals surface area contributed by atoms with Gasteiger partial charge in [0.15, 0.2) is 6.40 Å². The molecule has 0 saturated carbocycles. The summed E-state index contributed by atoms with van der Waals surface area (Å²) < 4.78 is 28.1. The first-order valence-corrected chi connectivity index (χ1v) is 4.26. The summed E-state index contributed by atoms with van der Waals surface area (Å²) in [6.07, 6.45) is 1.93. The van der Waals surface area contributed by atoms with Gasteiger partial charge in [-0.3, -0.25) is 0 Å². The van der Waals surface area contributed by atoms with E-state index >= 15 is 0 Å². The molecule has 0 bridgehead atoms. The van der Waals surface area contributed by atoms with Crippen molar-refractivity contribution in [1.29, 1.82) is 0 Å². The van der Waals surface area contributed by atoms with Crippen LogP contribution in [0.15, 0.2) is 4.40 Å². The summed E-state index contributed by atoms with van der Waals surface area (Å²) in [5.41, 5.74) is 0. The zero-order chi connectivity index (χ0) is 7.33. The summed E-state index contributed by atoms with van der Waals surface area (Å²) in [4.78, 5) is 0. The van der Waals surface area contributed by atoms with Gasteiger partial charge in [0, 0.05) is 0 Å². The van der Waals surface area contributed by atoms with Crippen molar-refractivity contribution in [2.75, 3.05) is 12.9 Å². The predicted molar refractivity (Wildman–Crippen MR) is 35.0 cm³/mol. The maximum absolute atomic E-state index is 10.2. The Kier molecular flexibility index (Phi) is 3.22. The Labute approximate surface area is 54.6 Å². The third kappa shape index (κ3) is 7.42. The van der Waals surface area contributed by atoms with E-state index in [9.17, 15) is 8.42 Å². The first-order chi connectivity index (χ1) is 4.06. The van der Waals surface area contributed by atoms with Crippen LogP contribution >= 0.6 is 0 Å². The molecule has 0 amide bonds. The van der Waals surface area contributed by atoms with Crippen molar-refractivity contribution in [2.45, 2.75) is 6.92 Å². The second-order valence-electron chi connectivity index (χ2n) is 1.40. The maximum Gasteiger partial charge on any atom is 0.253 e. The number of hydrogen-bond acceptors (Lipinski definition) is 3. The van der Waals surface area contributed by atoms with Gasteiger partial charge in [0.2, 0.25) is 0 Å². The molecule has 5 heteroatoms.